The maximum atomic E-state index is 6.12. The molecule has 0 aromatic heterocycles. The Bertz CT molecular complexity index is 599. The Labute approximate surface area is 131 Å². The first kappa shape index (κ1) is 14.6. The number of piperazine rings is 1. The number of hydrogen-bond acceptors (Lipinski definition) is 2. The zero-order valence-electron chi connectivity index (χ0n) is 12.3. The predicted molar refractivity (Wildman–Crippen MR) is 88.5 cm³/mol. The van der Waals surface area contributed by atoms with Crippen LogP contribution in [-0.2, 0) is 12.1 Å². The second-order valence-corrected chi connectivity index (χ2v) is 6.30. The van der Waals surface area contributed by atoms with E-state index in [1.807, 2.05) is 12.1 Å². The fourth-order valence-corrected chi connectivity index (χ4v) is 3.31. The quantitative estimate of drug-likeness (QED) is 0.930. The van der Waals surface area contributed by atoms with E-state index in [9.17, 15) is 0 Å². The van der Waals surface area contributed by atoms with Crippen molar-refractivity contribution in [1.29, 1.82) is 0 Å². The molecule has 3 rings (SSSR count). The topological polar surface area (TPSA) is 15.3 Å². The molecule has 1 aliphatic heterocycles. The fourth-order valence-electron chi connectivity index (χ4n) is 3.10. The molecule has 1 aliphatic rings. The lowest BCUT2D eigenvalue weighted by Crippen LogP contribution is -2.56. The molecule has 2 nitrogen and oxygen atoms in total. The summed E-state index contributed by atoms with van der Waals surface area (Å²) in [6.07, 6.45) is 0. The van der Waals surface area contributed by atoms with Crippen LogP contribution in [0.3, 0.4) is 0 Å². The summed E-state index contributed by atoms with van der Waals surface area (Å²) >= 11 is 6.12. The van der Waals surface area contributed by atoms with Crippen LogP contribution in [0.1, 0.15) is 18.1 Å². The predicted octanol–water partition coefficient (Wildman–Crippen LogP) is 3.66. The lowest BCUT2D eigenvalue weighted by atomic mass is 9.88. The molecule has 1 saturated heterocycles. The van der Waals surface area contributed by atoms with E-state index in [2.05, 4.69) is 59.6 Å². The van der Waals surface area contributed by atoms with Crippen molar-refractivity contribution in [3.8, 4) is 0 Å². The van der Waals surface area contributed by atoms with Gasteiger partial charge in [-0.25, -0.2) is 0 Å². The van der Waals surface area contributed by atoms with Crippen molar-refractivity contribution >= 4 is 11.6 Å². The molecule has 3 heteroatoms. The highest BCUT2D eigenvalue weighted by Gasteiger charge is 2.35. The lowest BCUT2D eigenvalue weighted by Gasteiger charge is -2.45. The Morgan fingerprint density at radius 1 is 1.14 bits per heavy atom. The average Bonchev–Trinajstić information content (AvgIpc) is 2.51. The van der Waals surface area contributed by atoms with Crippen LogP contribution in [0.5, 0.6) is 0 Å². The van der Waals surface area contributed by atoms with Gasteiger partial charge in [0.2, 0.25) is 0 Å². The van der Waals surface area contributed by atoms with Crippen LogP contribution in [0.4, 0.5) is 0 Å². The Kier molecular flexibility index (Phi) is 4.29. The number of nitrogens with one attached hydrogen (secondary N) is 1. The Hall–Kier alpha value is -1.35. The molecule has 0 radical (unpaired) electrons. The van der Waals surface area contributed by atoms with Gasteiger partial charge in [-0.1, -0.05) is 54.1 Å². The van der Waals surface area contributed by atoms with Gasteiger partial charge in [-0.05, 0) is 30.2 Å². The number of halogens is 1. The van der Waals surface area contributed by atoms with E-state index in [0.29, 0.717) is 0 Å². The van der Waals surface area contributed by atoms with Crippen molar-refractivity contribution in [2.45, 2.75) is 19.0 Å². The highest BCUT2D eigenvalue weighted by atomic mass is 35.5. The average molecular weight is 301 g/mol. The molecule has 1 fully saturated rings. The van der Waals surface area contributed by atoms with Gasteiger partial charge in [0.15, 0.2) is 0 Å². The van der Waals surface area contributed by atoms with Gasteiger partial charge in [0.05, 0.1) is 5.54 Å². The van der Waals surface area contributed by atoms with Crippen LogP contribution >= 0.6 is 11.6 Å². The van der Waals surface area contributed by atoms with Gasteiger partial charge >= 0.3 is 0 Å². The molecule has 0 spiro atoms. The maximum Gasteiger partial charge on any atom is 0.0561 e. The van der Waals surface area contributed by atoms with Crippen molar-refractivity contribution in [1.82, 2.24) is 10.2 Å². The van der Waals surface area contributed by atoms with Crippen molar-refractivity contribution in [2.75, 3.05) is 19.6 Å². The van der Waals surface area contributed by atoms with Crippen molar-refractivity contribution in [3.05, 3.63) is 70.7 Å². The van der Waals surface area contributed by atoms with Gasteiger partial charge in [-0.15, -0.1) is 0 Å². The lowest BCUT2D eigenvalue weighted by molar-refractivity contribution is 0.0650. The van der Waals surface area contributed by atoms with E-state index >= 15 is 0 Å². The summed E-state index contributed by atoms with van der Waals surface area (Å²) in [5.41, 5.74) is 2.65. The maximum absolute atomic E-state index is 6.12. The first-order valence-corrected chi connectivity index (χ1v) is 7.82. The Morgan fingerprint density at radius 2 is 1.95 bits per heavy atom. The van der Waals surface area contributed by atoms with E-state index in [0.717, 1.165) is 31.2 Å². The molecular formula is C18H21ClN2. The van der Waals surface area contributed by atoms with Crippen LogP contribution < -0.4 is 5.32 Å². The van der Waals surface area contributed by atoms with Crippen LogP contribution in [0.2, 0.25) is 5.02 Å². The molecule has 0 aliphatic carbocycles. The summed E-state index contributed by atoms with van der Waals surface area (Å²) in [7, 11) is 0. The fraction of sp³-hybridized carbons (Fsp3) is 0.333. The van der Waals surface area contributed by atoms with Crippen LogP contribution in [0, 0.1) is 0 Å². The summed E-state index contributed by atoms with van der Waals surface area (Å²) in [5, 5.41) is 4.34. The summed E-state index contributed by atoms with van der Waals surface area (Å²) in [4.78, 5) is 2.55. The van der Waals surface area contributed by atoms with Crippen molar-refractivity contribution in [2.24, 2.45) is 0 Å². The molecule has 0 saturated carbocycles. The zero-order valence-corrected chi connectivity index (χ0v) is 13.1. The molecule has 1 atom stereocenters. The molecule has 2 aromatic carbocycles. The number of nitrogens with zero attached hydrogens (tertiary/aromatic N) is 1. The highest BCUT2D eigenvalue weighted by Crippen LogP contribution is 2.31. The second kappa shape index (κ2) is 6.18. The van der Waals surface area contributed by atoms with Crippen LogP contribution in [0.15, 0.2) is 54.6 Å². The van der Waals surface area contributed by atoms with E-state index in [1.165, 1.54) is 11.1 Å². The van der Waals surface area contributed by atoms with Crippen LogP contribution in [-0.4, -0.2) is 24.5 Å². The minimum absolute atomic E-state index is 0.0157. The minimum atomic E-state index is 0.0157. The molecule has 1 unspecified atom stereocenters. The third kappa shape index (κ3) is 3.13. The summed E-state index contributed by atoms with van der Waals surface area (Å²) < 4.78 is 0. The Morgan fingerprint density at radius 3 is 2.71 bits per heavy atom. The third-order valence-corrected chi connectivity index (χ3v) is 4.62. The monoisotopic (exact) mass is 300 g/mol. The molecule has 0 amide bonds. The summed E-state index contributed by atoms with van der Waals surface area (Å²) in [5.74, 6) is 0. The minimum Gasteiger partial charge on any atom is -0.313 e. The standard InChI is InChI=1S/C18H21ClN2/c1-18(16-7-3-2-4-8-16)14-20-10-11-21(18)13-15-6-5-9-17(19)12-15/h2-9,12,20H,10-11,13-14H2,1H3. The van der Waals surface area contributed by atoms with Gasteiger partial charge in [0, 0.05) is 31.2 Å². The molecule has 1 heterocycles. The van der Waals surface area contributed by atoms with Gasteiger partial charge in [0.25, 0.3) is 0 Å². The molecule has 2 aromatic rings. The van der Waals surface area contributed by atoms with E-state index in [1.54, 1.807) is 0 Å². The molecule has 110 valence electrons. The number of benzene rings is 2. The molecular weight excluding hydrogens is 280 g/mol. The second-order valence-electron chi connectivity index (χ2n) is 5.87. The van der Waals surface area contributed by atoms with Gasteiger partial charge in [-0.3, -0.25) is 4.90 Å². The van der Waals surface area contributed by atoms with Crippen molar-refractivity contribution < 1.29 is 0 Å². The summed E-state index contributed by atoms with van der Waals surface area (Å²) in [6.45, 7) is 6.28. The first-order valence-electron chi connectivity index (χ1n) is 7.44. The van der Waals surface area contributed by atoms with Crippen LogP contribution in [0.25, 0.3) is 0 Å². The first-order chi connectivity index (χ1) is 10.2. The number of rotatable bonds is 3. The van der Waals surface area contributed by atoms with Gasteiger partial charge < -0.3 is 5.32 Å². The van der Waals surface area contributed by atoms with Crippen molar-refractivity contribution in [3.63, 3.8) is 0 Å². The van der Waals surface area contributed by atoms with E-state index in [4.69, 9.17) is 11.6 Å². The Balaban J connectivity index is 1.88. The van der Waals surface area contributed by atoms with E-state index in [-0.39, 0.29) is 5.54 Å². The highest BCUT2D eigenvalue weighted by molar-refractivity contribution is 6.30. The SMILES string of the molecule is CC1(c2ccccc2)CNCCN1Cc1cccc(Cl)c1. The number of hydrogen-bond donors (Lipinski definition) is 1. The van der Waals surface area contributed by atoms with Gasteiger partial charge in [-0.2, -0.15) is 0 Å². The molecule has 21 heavy (non-hydrogen) atoms. The third-order valence-electron chi connectivity index (χ3n) is 4.38. The molecule has 1 N–H and O–H groups in total. The zero-order chi connectivity index (χ0) is 14.7. The summed E-state index contributed by atoms with van der Waals surface area (Å²) in [6, 6.07) is 18.9. The largest absolute Gasteiger partial charge is 0.313 e. The smallest absolute Gasteiger partial charge is 0.0561 e. The molecule has 0 bridgehead atoms. The van der Waals surface area contributed by atoms with Gasteiger partial charge in [0.1, 0.15) is 0 Å². The normalized spacial score (nSPS) is 23.1. The van der Waals surface area contributed by atoms with E-state index < -0.39 is 0 Å².